The minimum Gasteiger partial charge on any atom is -0.465 e. The van der Waals surface area contributed by atoms with Gasteiger partial charge < -0.3 is 20.1 Å². The van der Waals surface area contributed by atoms with Crippen LogP contribution in [0.3, 0.4) is 0 Å². The van der Waals surface area contributed by atoms with Crippen molar-refractivity contribution >= 4 is 34.2 Å². The van der Waals surface area contributed by atoms with Crippen molar-refractivity contribution in [3.63, 3.8) is 0 Å². The Bertz CT molecular complexity index is 1370. The van der Waals surface area contributed by atoms with E-state index in [9.17, 15) is 9.59 Å². The molecule has 7 nitrogen and oxygen atoms in total. The van der Waals surface area contributed by atoms with Gasteiger partial charge in [-0.15, -0.1) is 0 Å². The standard InChI is InChI=1S/C26H21N3O4/c1-32-26(31)16-3-2-4-20(13-16)33-19-8-5-17(6-9-19)27-15-18-7-10-21-22-14-25(30)29-24(22)12-11-23(21)28-18/h2-13,27H,14-15H2,1H3,(H,29,30). The van der Waals surface area contributed by atoms with Crippen LogP contribution in [0.1, 0.15) is 21.6 Å². The third-order valence-corrected chi connectivity index (χ3v) is 5.47. The summed E-state index contributed by atoms with van der Waals surface area (Å²) in [6.45, 7) is 0.561. The van der Waals surface area contributed by atoms with E-state index in [0.29, 0.717) is 30.0 Å². The third-order valence-electron chi connectivity index (χ3n) is 5.47. The number of carbonyl (C=O) groups is 2. The number of anilines is 2. The van der Waals surface area contributed by atoms with Crippen LogP contribution in [0.4, 0.5) is 11.4 Å². The number of ether oxygens (including phenoxy) is 2. The van der Waals surface area contributed by atoms with E-state index in [0.717, 1.165) is 33.5 Å². The molecule has 1 aliphatic heterocycles. The Hall–Kier alpha value is -4.39. The summed E-state index contributed by atoms with van der Waals surface area (Å²) in [5.41, 5.74) is 5.03. The molecule has 0 atom stereocenters. The minimum absolute atomic E-state index is 0.0202. The van der Waals surface area contributed by atoms with Gasteiger partial charge in [-0.1, -0.05) is 12.1 Å². The molecule has 5 rings (SSSR count). The van der Waals surface area contributed by atoms with Crippen molar-refractivity contribution in [2.45, 2.75) is 13.0 Å². The number of nitrogens with one attached hydrogen (secondary N) is 2. The number of aromatic nitrogens is 1. The van der Waals surface area contributed by atoms with Crippen LogP contribution >= 0.6 is 0 Å². The highest BCUT2D eigenvalue weighted by Gasteiger charge is 2.20. The molecule has 2 heterocycles. The summed E-state index contributed by atoms with van der Waals surface area (Å²) in [7, 11) is 1.35. The first kappa shape index (κ1) is 20.5. The average Bonchev–Trinajstić information content (AvgIpc) is 3.24. The van der Waals surface area contributed by atoms with Crippen LogP contribution in [0, 0.1) is 0 Å². The summed E-state index contributed by atoms with van der Waals surface area (Å²) >= 11 is 0. The lowest BCUT2D eigenvalue weighted by molar-refractivity contribution is -0.115. The zero-order chi connectivity index (χ0) is 22.8. The largest absolute Gasteiger partial charge is 0.465 e. The molecular formula is C26H21N3O4. The summed E-state index contributed by atoms with van der Waals surface area (Å²) in [6.07, 6.45) is 0.396. The highest BCUT2D eigenvalue weighted by Crippen LogP contribution is 2.30. The molecule has 7 heteroatoms. The molecule has 0 radical (unpaired) electrons. The van der Waals surface area contributed by atoms with Gasteiger partial charge in [-0.25, -0.2) is 4.79 Å². The minimum atomic E-state index is -0.406. The number of hydrogen-bond acceptors (Lipinski definition) is 6. The van der Waals surface area contributed by atoms with Gasteiger partial charge in [0.2, 0.25) is 5.91 Å². The van der Waals surface area contributed by atoms with Crippen molar-refractivity contribution in [2.24, 2.45) is 0 Å². The molecule has 3 aromatic carbocycles. The summed E-state index contributed by atoms with van der Waals surface area (Å²) < 4.78 is 10.6. The van der Waals surface area contributed by atoms with Crippen molar-refractivity contribution < 1.29 is 19.1 Å². The van der Waals surface area contributed by atoms with Crippen LogP contribution in [0.2, 0.25) is 0 Å². The smallest absolute Gasteiger partial charge is 0.337 e. The fourth-order valence-electron chi connectivity index (χ4n) is 3.84. The van der Waals surface area contributed by atoms with E-state index in [2.05, 4.69) is 10.6 Å². The molecule has 1 aromatic heterocycles. The Kier molecular flexibility index (Phi) is 5.36. The molecule has 33 heavy (non-hydrogen) atoms. The van der Waals surface area contributed by atoms with Gasteiger partial charge >= 0.3 is 5.97 Å². The monoisotopic (exact) mass is 439 g/mol. The first-order valence-electron chi connectivity index (χ1n) is 10.5. The number of hydrogen-bond donors (Lipinski definition) is 2. The second-order valence-electron chi connectivity index (χ2n) is 7.69. The fourth-order valence-corrected chi connectivity index (χ4v) is 3.84. The molecule has 0 saturated heterocycles. The number of amides is 1. The third kappa shape index (κ3) is 4.34. The van der Waals surface area contributed by atoms with Crippen LogP contribution in [0.25, 0.3) is 10.9 Å². The molecule has 0 spiro atoms. The Morgan fingerprint density at radius 2 is 1.88 bits per heavy atom. The van der Waals surface area contributed by atoms with Crippen molar-refractivity contribution in [2.75, 3.05) is 17.7 Å². The SMILES string of the molecule is COC(=O)c1cccc(Oc2ccc(NCc3ccc4c5c(ccc4n3)NC(=O)C5)cc2)c1. The zero-order valence-electron chi connectivity index (χ0n) is 17.9. The Labute approximate surface area is 190 Å². The maximum Gasteiger partial charge on any atom is 0.337 e. The number of nitrogens with zero attached hydrogens (tertiary/aromatic N) is 1. The number of esters is 1. The summed E-state index contributed by atoms with van der Waals surface area (Å²) in [5, 5.41) is 7.24. The van der Waals surface area contributed by atoms with Crippen LogP contribution in [0.5, 0.6) is 11.5 Å². The van der Waals surface area contributed by atoms with Gasteiger partial charge in [0.25, 0.3) is 0 Å². The molecule has 4 aromatic rings. The van der Waals surface area contributed by atoms with Gasteiger partial charge in [0.1, 0.15) is 11.5 Å². The Morgan fingerprint density at radius 3 is 2.70 bits per heavy atom. The quantitative estimate of drug-likeness (QED) is 0.415. The molecule has 2 N–H and O–H groups in total. The fraction of sp³-hybridized carbons (Fsp3) is 0.115. The van der Waals surface area contributed by atoms with Gasteiger partial charge in [0.05, 0.1) is 36.8 Å². The van der Waals surface area contributed by atoms with Crippen molar-refractivity contribution in [1.82, 2.24) is 4.98 Å². The summed E-state index contributed by atoms with van der Waals surface area (Å²) in [5.74, 6) is 0.828. The Morgan fingerprint density at radius 1 is 1.03 bits per heavy atom. The van der Waals surface area contributed by atoms with Gasteiger partial charge in [-0.3, -0.25) is 9.78 Å². The van der Waals surface area contributed by atoms with Crippen LogP contribution in [0.15, 0.2) is 72.8 Å². The lowest BCUT2D eigenvalue weighted by Gasteiger charge is -2.10. The number of carbonyl (C=O) groups excluding carboxylic acids is 2. The Balaban J connectivity index is 1.24. The summed E-state index contributed by atoms with van der Waals surface area (Å²) in [4.78, 5) is 28.1. The van der Waals surface area contributed by atoms with Crippen molar-refractivity contribution in [3.8, 4) is 11.5 Å². The molecule has 0 unspecified atom stereocenters. The first-order chi connectivity index (χ1) is 16.1. The van der Waals surface area contributed by atoms with Crippen LogP contribution in [-0.2, 0) is 22.5 Å². The van der Waals surface area contributed by atoms with Crippen LogP contribution in [-0.4, -0.2) is 24.0 Å². The van der Waals surface area contributed by atoms with E-state index < -0.39 is 5.97 Å². The van der Waals surface area contributed by atoms with E-state index >= 15 is 0 Å². The second-order valence-corrected chi connectivity index (χ2v) is 7.69. The number of methoxy groups -OCH3 is 1. The van der Waals surface area contributed by atoms with Crippen molar-refractivity contribution in [1.29, 1.82) is 0 Å². The molecule has 0 bridgehead atoms. The van der Waals surface area contributed by atoms with E-state index in [1.807, 2.05) is 48.5 Å². The predicted molar refractivity (Wildman–Crippen MR) is 126 cm³/mol. The highest BCUT2D eigenvalue weighted by molar-refractivity contribution is 6.05. The molecule has 1 amide bonds. The first-order valence-corrected chi connectivity index (χ1v) is 10.5. The van der Waals surface area contributed by atoms with Gasteiger partial charge in [0, 0.05) is 16.8 Å². The van der Waals surface area contributed by atoms with E-state index in [4.69, 9.17) is 14.5 Å². The lowest BCUT2D eigenvalue weighted by atomic mass is 10.1. The number of fused-ring (bicyclic) bond motifs is 3. The van der Waals surface area contributed by atoms with Crippen molar-refractivity contribution in [3.05, 3.63) is 89.6 Å². The number of pyridine rings is 1. The normalized spacial score (nSPS) is 12.2. The molecule has 0 saturated carbocycles. The molecular weight excluding hydrogens is 418 g/mol. The molecule has 0 fully saturated rings. The van der Waals surface area contributed by atoms with Crippen LogP contribution < -0.4 is 15.4 Å². The molecule has 164 valence electrons. The summed E-state index contributed by atoms with van der Waals surface area (Å²) in [6, 6.07) is 22.3. The van der Waals surface area contributed by atoms with E-state index in [1.54, 1.807) is 24.3 Å². The maximum absolute atomic E-state index is 11.7. The topological polar surface area (TPSA) is 89.6 Å². The number of benzene rings is 3. The average molecular weight is 439 g/mol. The highest BCUT2D eigenvalue weighted by atomic mass is 16.5. The van der Waals surface area contributed by atoms with Gasteiger partial charge in [-0.05, 0) is 66.2 Å². The molecule has 1 aliphatic rings. The lowest BCUT2D eigenvalue weighted by Crippen LogP contribution is -2.03. The van der Waals surface area contributed by atoms with Gasteiger partial charge in [-0.2, -0.15) is 0 Å². The molecule has 0 aliphatic carbocycles. The van der Waals surface area contributed by atoms with E-state index in [1.165, 1.54) is 7.11 Å². The second kappa shape index (κ2) is 8.63. The maximum atomic E-state index is 11.7. The zero-order valence-corrected chi connectivity index (χ0v) is 17.9. The van der Waals surface area contributed by atoms with E-state index in [-0.39, 0.29) is 5.91 Å². The van der Waals surface area contributed by atoms with Gasteiger partial charge in [0.15, 0.2) is 0 Å². The predicted octanol–water partition coefficient (Wildman–Crippen LogP) is 4.92. The number of rotatable bonds is 6.